The van der Waals surface area contributed by atoms with Gasteiger partial charge in [-0.05, 0) is 30.3 Å². The van der Waals surface area contributed by atoms with Crippen molar-refractivity contribution in [3.63, 3.8) is 0 Å². The summed E-state index contributed by atoms with van der Waals surface area (Å²) < 4.78 is 18.8. The maximum atomic E-state index is 13.3. The standard InChI is InChI=1S/C16H13ClFN3O3/c17-11-3-2-10(8-12(11)18)24-6-5-15-19-13-4-1-9(16(22)21-23)7-14(13)20-15/h1-4,7-8,23H,5-6H2,(H,19,20)(H,21,22). The maximum absolute atomic E-state index is 13.3. The summed E-state index contributed by atoms with van der Waals surface area (Å²) in [7, 11) is 0. The van der Waals surface area contributed by atoms with E-state index in [9.17, 15) is 9.18 Å². The predicted molar refractivity (Wildman–Crippen MR) is 86.0 cm³/mol. The van der Waals surface area contributed by atoms with Gasteiger partial charge < -0.3 is 9.72 Å². The number of rotatable bonds is 5. The normalized spacial score (nSPS) is 10.8. The Hall–Kier alpha value is -2.64. The van der Waals surface area contributed by atoms with E-state index in [2.05, 4.69) is 9.97 Å². The molecule has 1 heterocycles. The Kier molecular flexibility index (Phi) is 4.64. The average Bonchev–Trinajstić information content (AvgIpc) is 2.99. The number of nitrogens with one attached hydrogen (secondary N) is 2. The van der Waals surface area contributed by atoms with E-state index in [4.69, 9.17) is 21.5 Å². The van der Waals surface area contributed by atoms with E-state index in [0.29, 0.717) is 41.2 Å². The molecule has 1 amide bonds. The molecule has 2 aromatic carbocycles. The van der Waals surface area contributed by atoms with Gasteiger partial charge in [0.1, 0.15) is 17.4 Å². The molecule has 8 heteroatoms. The third-order valence-electron chi connectivity index (χ3n) is 3.39. The van der Waals surface area contributed by atoms with Crippen LogP contribution in [0.2, 0.25) is 5.02 Å². The molecule has 0 aliphatic heterocycles. The van der Waals surface area contributed by atoms with Gasteiger partial charge in [-0.1, -0.05) is 11.6 Å². The van der Waals surface area contributed by atoms with E-state index < -0.39 is 11.7 Å². The van der Waals surface area contributed by atoms with E-state index in [-0.39, 0.29) is 5.02 Å². The lowest BCUT2D eigenvalue weighted by Crippen LogP contribution is -2.18. The van der Waals surface area contributed by atoms with Crippen LogP contribution in [-0.2, 0) is 6.42 Å². The van der Waals surface area contributed by atoms with Gasteiger partial charge in [-0.15, -0.1) is 0 Å². The Labute approximate surface area is 141 Å². The van der Waals surface area contributed by atoms with Crippen LogP contribution in [0.3, 0.4) is 0 Å². The summed E-state index contributed by atoms with van der Waals surface area (Å²) in [5.74, 6) is -0.0790. The summed E-state index contributed by atoms with van der Waals surface area (Å²) in [5, 5.41) is 8.69. The molecule has 0 radical (unpaired) electrons. The van der Waals surface area contributed by atoms with Crippen molar-refractivity contribution in [2.24, 2.45) is 0 Å². The number of nitrogens with zero attached hydrogens (tertiary/aromatic N) is 1. The first-order valence-corrected chi connectivity index (χ1v) is 7.45. The van der Waals surface area contributed by atoms with Crippen LogP contribution in [-0.4, -0.2) is 27.7 Å². The first-order chi connectivity index (χ1) is 11.6. The van der Waals surface area contributed by atoms with Crippen molar-refractivity contribution in [2.45, 2.75) is 6.42 Å². The number of aromatic nitrogens is 2. The van der Waals surface area contributed by atoms with Crippen LogP contribution < -0.4 is 10.2 Å². The van der Waals surface area contributed by atoms with Gasteiger partial charge in [0.15, 0.2) is 0 Å². The largest absolute Gasteiger partial charge is 0.493 e. The fourth-order valence-corrected chi connectivity index (χ4v) is 2.34. The minimum Gasteiger partial charge on any atom is -0.493 e. The smallest absolute Gasteiger partial charge is 0.274 e. The van der Waals surface area contributed by atoms with Crippen LogP contribution in [0.15, 0.2) is 36.4 Å². The third kappa shape index (κ3) is 3.47. The van der Waals surface area contributed by atoms with Gasteiger partial charge in [-0.2, -0.15) is 0 Å². The molecule has 124 valence electrons. The van der Waals surface area contributed by atoms with Crippen molar-refractivity contribution < 1.29 is 19.1 Å². The second-order valence-electron chi connectivity index (χ2n) is 5.03. The first kappa shape index (κ1) is 16.2. The highest BCUT2D eigenvalue weighted by Crippen LogP contribution is 2.20. The zero-order valence-electron chi connectivity index (χ0n) is 12.3. The fourth-order valence-electron chi connectivity index (χ4n) is 2.22. The number of H-pyrrole nitrogens is 1. The van der Waals surface area contributed by atoms with Gasteiger partial charge in [0.2, 0.25) is 0 Å². The topological polar surface area (TPSA) is 87.2 Å². The van der Waals surface area contributed by atoms with Crippen molar-refractivity contribution in [1.29, 1.82) is 0 Å². The number of hydrogen-bond donors (Lipinski definition) is 3. The molecule has 1 aromatic heterocycles. The first-order valence-electron chi connectivity index (χ1n) is 7.08. The molecule has 0 aliphatic carbocycles. The molecule has 0 atom stereocenters. The van der Waals surface area contributed by atoms with Crippen molar-refractivity contribution in [2.75, 3.05) is 6.61 Å². The Bertz CT molecular complexity index is 897. The molecule has 0 bridgehead atoms. The summed E-state index contributed by atoms with van der Waals surface area (Å²) in [6.45, 7) is 0.297. The number of benzene rings is 2. The van der Waals surface area contributed by atoms with Gasteiger partial charge in [0.25, 0.3) is 5.91 Å². The highest BCUT2D eigenvalue weighted by Gasteiger charge is 2.09. The molecule has 0 spiro atoms. The average molecular weight is 350 g/mol. The van der Waals surface area contributed by atoms with E-state index in [0.717, 1.165) is 0 Å². The lowest BCUT2D eigenvalue weighted by molar-refractivity contribution is 0.0706. The molecular formula is C16H13ClFN3O3. The summed E-state index contributed by atoms with van der Waals surface area (Å²) in [4.78, 5) is 18.8. The van der Waals surface area contributed by atoms with Crippen LogP contribution in [0.1, 0.15) is 16.2 Å². The zero-order chi connectivity index (χ0) is 17.1. The van der Waals surface area contributed by atoms with Crippen LogP contribution in [0.25, 0.3) is 11.0 Å². The molecule has 0 unspecified atom stereocenters. The number of hydroxylamine groups is 1. The summed E-state index contributed by atoms with van der Waals surface area (Å²) in [6.07, 6.45) is 0.473. The number of imidazole rings is 1. The van der Waals surface area contributed by atoms with Crippen LogP contribution in [0.4, 0.5) is 4.39 Å². The number of aromatic amines is 1. The maximum Gasteiger partial charge on any atom is 0.274 e. The van der Waals surface area contributed by atoms with Gasteiger partial charge in [-0.25, -0.2) is 14.9 Å². The molecule has 0 aliphatic rings. The fraction of sp³-hybridized carbons (Fsp3) is 0.125. The highest BCUT2D eigenvalue weighted by atomic mass is 35.5. The van der Waals surface area contributed by atoms with E-state index in [1.807, 2.05) is 0 Å². The number of halogens is 2. The Balaban J connectivity index is 1.66. The van der Waals surface area contributed by atoms with Gasteiger partial charge in [0, 0.05) is 18.1 Å². The number of carbonyl (C=O) groups excluding carboxylic acids is 1. The zero-order valence-corrected chi connectivity index (χ0v) is 13.1. The SMILES string of the molecule is O=C(NO)c1ccc2nc(CCOc3ccc(Cl)c(F)c3)[nH]c2c1. The number of hydrogen-bond acceptors (Lipinski definition) is 4. The Morgan fingerprint density at radius 2 is 2.17 bits per heavy atom. The molecule has 0 saturated heterocycles. The minimum absolute atomic E-state index is 0.0438. The number of fused-ring (bicyclic) bond motifs is 1. The molecular weight excluding hydrogens is 337 g/mol. The van der Waals surface area contributed by atoms with Crippen molar-refractivity contribution in [3.8, 4) is 5.75 Å². The third-order valence-corrected chi connectivity index (χ3v) is 3.70. The van der Waals surface area contributed by atoms with E-state index in [1.165, 1.54) is 12.1 Å². The quantitative estimate of drug-likeness (QED) is 0.488. The Morgan fingerprint density at radius 1 is 1.33 bits per heavy atom. The highest BCUT2D eigenvalue weighted by molar-refractivity contribution is 6.30. The summed E-state index contributed by atoms with van der Waals surface area (Å²) in [5.41, 5.74) is 3.26. The molecule has 0 fully saturated rings. The molecule has 3 rings (SSSR count). The Morgan fingerprint density at radius 3 is 2.92 bits per heavy atom. The summed E-state index contributed by atoms with van der Waals surface area (Å²) >= 11 is 5.61. The van der Waals surface area contributed by atoms with Gasteiger partial charge >= 0.3 is 0 Å². The molecule has 0 saturated carbocycles. The van der Waals surface area contributed by atoms with Crippen LogP contribution in [0, 0.1) is 5.82 Å². The van der Waals surface area contributed by atoms with Crippen LogP contribution in [0.5, 0.6) is 5.75 Å². The molecule has 3 aromatic rings. The number of ether oxygens (including phenoxy) is 1. The number of carbonyl (C=O) groups is 1. The lowest BCUT2D eigenvalue weighted by Gasteiger charge is -2.05. The number of amides is 1. The molecule has 24 heavy (non-hydrogen) atoms. The monoisotopic (exact) mass is 349 g/mol. The van der Waals surface area contributed by atoms with E-state index >= 15 is 0 Å². The van der Waals surface area contributed by atoms with Crippen molar-refractivity contribution >= 4 is 28.5 Å². The minimum atomic E-state index is -0.596. The second kappa shape index (κ2) is 6.86. The van der Waals surface area contributed by atoms with Crippen molar-refractivity contribution in [1.82, 2.24) is 15.4 Å². The van der Waals surface area contributed by atoms with E-state index in [1.54, 1.807) is 29.7 Å². The predicted octanol–water partition coefficient (Wildman–Crippen LogP) is 3.10. The van der Waals surface area contributed by atoms with Gasteiger partial charge in [-0.3, -0.25) is 10.0 Å². The second-order valence-corrected chi connectivity index (χ2v) is 5.44. The summed E-state index contributed by atoms with van der Waals surface area (Å²) in [6, 6.07) is 9.07. The lowest BCUT2D eigenvalue weighted by atomic mass is 10.2. The van der Waals surface area contributed by atoms with Crippen molar-refractivity contribution in [3.05, 3.63) is 58.6 Å². The molecule has 6 nitrogen and oxygen atoms in total. The molecule has 3 N–H and O–H groups in total. The van der Waals surface area contributed by atoms with Gasteiger partial charge in [0.05, 0.1) is 22.7 Å². The van der Waals surface area contributed by atoms with Crippen LogP contribution >= 0.6 is 11.6 Å².